The number of nitrogens with zero attached hydrogens (tertiary/aromatic N) is 2. The van der Waals surface area contributed by atoms with Crippen LogP contribution in [0.2, 0.25) is 0 Å². The summed E-state index contributed by atoms with van der Waals surface area (Å²) in [5, 5.41) is 22.7. The zero-order valence-corrected chi connectivity index (χ0v) is 11.6. The maximum Gasteiger partial charge on any atom is 0.293 e. The molecular weight excluding hydrogens is 266 g/mol. The molecule has 0 aliphatic rings. The summed E-state index contributed by atoms with van der Waals surface area (Å²) in [6.45, 7) is 1.87. The zero-order chi connectivity index (χ0) is 14.4. The number of hydrogen-bond donors (Lipinski definition) is 1. The van der Waals surface area contributed by atoms with Gasteiger partial charge < -0.3 is 5.32 Å². The van der Waals surface area contributed by atoms with Crippen LogP contribution in [0.5, 0.6) is 0 Å². The van der Waals surface area contributed by atoms with Gasteiger partial charge in [-0.15, -0.1) is 0 Å². The minimum Gasteiger partial charge on any atom is -0.377 e. The van der Waals surface area contributed by atoms with Crippen molar-refractivity contribution in [2.75, 3.05) is 17.3 Å². The van der Waals surface area contributed by atoms with Crippen molar-refractivity contribution in [2.24, 2.45) is 0 Å². The van der Waals surface area contributed by atoms with Crippen molar-refractivity contribution in [1.82, 2.24) is 0 Å². The Morgan fingerprint density at radius 2 is 2.26 bits per heavy atom. The molecule has 7 heteroatoms. The van der Waals surface area contributed by atoms with Crippen molar-refractivity contribution in [2.45, 2.75) is 19.4 Å². The van der Waals surface area contributed by atoms with Gasteiger partial charge in [-0.2, -0.15) is 5.26 Å². The van der Waals surface area contributed by atoms with E-state index >= 15 is 0 Å². The van der Waals surface area contributed by atoms with Gasteiger partial charge in [0.2, 0.25) is 0 Å². The summed E-state index contributed by atoms with van der Waals surface area (Å²) in [5.74, 6) is 0.540. The van der Waals surface area contributed by atoms with Gasteiger partial charge in [0, 0.05) is 34.9 Å². The average Bonchev–Trinajstić information content (AvgIpc) is 2.36. The Kier molecular flexibility index (Phi) is 5.45. The van der Waals surface area contributed by atoms with Crippen LogP contribution in [0.4, 0.5) is 11.4 Å². The summed E-state index contributed by atoms with van der Waals surface area (Å²) in [7, 11) is -0.880. The average molecular weight is 281 g/mol. The zero-order valence-electron chi connectivity index (χ0n) is 10.8. The van der Waals surface area contributed by atoms with Gasteiger partial charge >= 0.3 is 0 Å². The van der Waals surface area contributed by atoms with Crippen LogP contribution in [-0.4, -0.2) is 27.2 Å². The molecule has 0 saturated heterocycles. The first kappa shape index (κ1) is 15.1. The van der Waals surface area contributed by atoms with Crippen LogP contribution in [-0.2, 0) is 10.8 Å². The van der Waals surface area contributed by atoms with Crippen molar-refractivity contribution >= 4 is 22.2 Å². The fourth-order valence-electron chi connectivity index (χ4n) is 1.55. The molecular formula is C12H15N3O3S. The van der Waals surface area contributed by atoms with Gasteiger partial charge in [0.05, 0.1) is 16.6 Å². The van der Waals surface area contributed by atoms with Crippen LogP contribution in [0.3, 0.4) is 0 Å². The Labute approximate surface area is 114 Å². The van der Waals surface area contributed by atoms with E-state index in [2.05, 4.69) is 5.32 Å². The molecule has 1 aromatic rings. The van der Waals surface area contributed by atoms with E-state index in [4.69, 9.17) is 5.26 Å². The SMILES string of the molecule is CC(CCS(C)=O)Nc1ccc(C#N)cc1[N+](=O)[O-]. The number of rotatable bonds is 6. The largest absolute Gasteiger partial charge is 0.377 e. The third kappa shape index (κ3) is 4.67. The van der Waals surface area contributed by atoms with Gasteiger partial charge in [-0.3, -0.25) is 14.3 Å². The Hall–Kier alpha value is -1.94. The number of nitriles is 1. The van der Waals surface area contributed by atoms with E-state index < -0.39 is 15.7 Å². The number of benzene rings is 1. The number of nitro benzene ring substituents is 1. The third-order valence-corrected chi connectivity index (χ3v) is 3.37. The summed E-state index contributed by atoms with van der Waals surface area (Å²) in [6, 6.07) is 6.13. The van der Waals surface area contributed by atoms with Crippen LogP contribution in [0.25, 0.3) is 0 Å². The van der Waals surface area contributed by atoms with Crippen LogP contribution < -0.4 is 5.32 Å². The van der Waals surface area contributed by atoms with Gasteiger partial charge in [0.15, 0.2) is 0 Å². The van der Waals surface area contributed by atoms with Gasteiger partial charge in [0.25, 0.3) is 5.69 Å². The predicted molar refractivity (Wildman–Crippen MR) is 74.4 cm³/mol. The molecule has 6 nitrogen and oxygen atoms in total. The monoisotopic (exact) mass is 281 g/mol. The molecule has 1 N–H and O–H groups in total. The number of nitrogens with one attached hydrogen (secondary N) is 1. The second-order valence-corrected chi connectivity index (χ2v) is 5.77. The van der Waals surface area contributed by atoms with Gasteiger partial charge in [-0.05, 0) is 25.5 Å². The summed E-state index contributed by atoms with van der Waals surface area (Å²) >= 11 is 0. The molecule has 2 atom stereocenters. The van der Waals surface area contributed by atoms with Crippen LogP contribution in [0.1, 0.15) is 18.9 Å². The predicted octanol–water partition coefficient (Wildman–Crippen LogP) is 2.04. The first-order valence-corrected chi connectivity index (χ1v) is 7.42. The molecule has 0 aliphatic heterocycles. The standard InChI is InChI=1S/C12H15N3O3S/c1-9(5-6-19(2)18)14-11-4-3-10(8-13)7-12(11)15(16)17/h3-4,7,9,14H,5-6H2,1-2H3. The van der Waals surface area contributed by atoms with Crippen molar-refractivity contribution < 1.29 is 9.13 Å². The molecule has 0 heterocycles. The van der Waals surface area contributed by atoms with Crippen LogP contribution in [0.15, 0.2) is 18.2 Å². The molecule has 1 rings (SSSR count). The fourth-order valence-corrected chi connectivity index (χ4v) is 2.24. The molecule has 0 aromatic heterocycles. The highest BCUT2D eigenvalue weighted by molar-refractivity contribution is 7.84. The van der Waals surface area contributed by atoms with Crippen molar-refractivity contribution in [1.29, 1.82) is 5.26 Å². The first-order valence-electron chi connectivity index (χ1n) is 5.69. The highest BCUT2D eigenvalue weighted by Crippen LogP contribution is 2.26. The number of hydrogen-bond acceptors (Lipinski definition) is 5. The van der Waals surface area contributed by atoms with E-state index in [0.717, 1.165) is 0 Å². The van der Waals surface area contributed by atoms with E-state index in [1.54, 1.807) is 6.26 Å². The molecule has 0 spiro atoms. The third-order valence-electron chi connectivity index (χ3n) is 2.56. The van der Waals surface area contributed by atoms with Crippen molar-refractivity contribution in [3.05, 3.63) is 33.9 Å². The minimum atomic E-state index is -0.880. The lowest BCUT2D eigenvalue weighted by atomic mass is 10.1. The van der Waals surface area contributed by atoms with E-state index in [1.165, 1.54) is 18.2 Å². The Bertz CT molecular complexity index is 540. The van der Waals surface area contributed by atoms with Crippen LogP contribution in [0, 0.1) is 21.4 Å². The van der Waals surface area contributed by atoms with E-state index in [1.807, 2.05) is 13.0 Å². The topological polar surface area (TPSA) is 96.0 Å². The van der Waals surface area contributed by atoms with Gasteiger partial charge in [-0.1, -0.05) is 0 Å². The Balaban J connectivity index is 2.86. The summed E-state index contributed by atoms with van der Waals surface area (Å²) in [6.07, 6.45) is 2.27. The highest BCUT2D eigenvalue weighted by atomic mass is 32.2. The molecule has 0 fully saturated rings. The second kappa shape index (κ2) is 6.85. The first-order chi connectivity index (χ1) is 8.93. The van der Waals surface area contributed by atoms with Gasteiger partial charge in [0.1, 0.15) is 5.69 Å². The molecule has 0 saturated carbocycles. The normalized spacial score (nSPS) is 13.3. The minimum absolute atomic E-state index is 0.0319. The molecule has 0 aliphatic carbocycles. The van der Waals surface area contributed by atoms with Crippen molar-refractivity contribution in [3.63, 3.8) is 0 Å². The molecule has 0 radical (unpaired) electrons. The maximum atomic E-state index is 11.0. The molecule has 0 bridgehead atoms. The van der Waals surface area contributed by atoms with Crippen LogP contribution >= 0.6 is 0 Å². The summed E-state index contributed by atoms with van der Waals surface area (Å²) in [5.41, 5.74) is 0.501. The molecule has 102 valence electrons. The summed E-state index contributed by atoms with van der Waals surface area (Å²) < 4.78 is 11.0. The van der Waals surface area contributed by atoms with E-state index in [-0.39, 0.29) is 17.3 Å². The summed E-state index contributed by atoms with van der Waals surface area (Å²) in [4.78, 5) is 10.4. The Morgan fingerprint density at radius 1 is 1.58 bits per heavy atom. The van der Waals surface area contributed by atoms with E-state index in [9.17, 15) is 14.3 Å². The maximum absolute atomic E-state index is 11.0. The fraction of sp³-hybridized carbons (Fsp3) is 0.417. The molecule has 2 unspecified atom stereocenters. The van der Waals surface area contributed by atoms with Crippen molar-refractivity contribution in [3.8, 4) is 6.07 Å². The van der Waals surface area contributed by atoms with Gasteiger partial charge in [-0.25, -0.2) is 0 Å². The lowest BCUT2D eigenvalue weighted by molar-refractivity contribution is -0.384. The quantitative estimate of drug-likeness (QED) is 0.635. The smallest absolute Gasteiger partial charge is 0.293 e. The molecule has 1 aromatic carbocycles. The second-order valence-electron chi connectivity index (χ2n) is 4.21. The Morgan fingerprint density at radius 3 is 2.79 bits per heavy atom. The van der Waals surface area contributed by atoms with E-state index in [0.29, 0.717) is 17.9 Å². The number of nitro groups is 1. The lowest BCUT2D eigenvalue weighted by Crippen LogP contribution is -2.18. The number of anilines is 1. The lowest BCUT2D eigenvalue weighted by Gasteiger charge is -2.14. The molecule has 0 amide bonds. The molecule has 19 heavy (non-hydrogen) atoms. The highest BCUT2D eigenvalue weighted by Gasteiger charge is 2.16.